The minimum atomic E-state index is -0.331. The van der Waals surface area contributed by atoms with Gasteiger partial charge in [0.25, 0.3) is 0 Å². The van der Waals surface area contributed by atoms with Gasteiger partial charge in [0.15, 0.2) is 0 Å². The van der Waals surface area contributed by atoms with Crippen molar-refractivity contribution >= 4 is 38.5 Å². The highest BCUT2D eigenvalue weighted by molar-refractivity contribution is 9.10. The molecule has 0 unspecified atom stereocenters. The van der Waals surface area contributed by atoms with E-state index in [4.69, 9.17) is 4.74 Å². The Bertz CT molecular complexity index is 758. The van der Waals surface area contributed by atoms with Crippen LogP contribution in [0.25, 0.3) is 10.9 Å². The third-order valence-corrected chi connectivity index (χ3v) is 5.22. The van der Waals surface area contributed by atoms with Crippen LogP contribution in [-0.4, -0.2) is 49.1 Å². The summed E-state index contributed by atoms with van der Waals surface area (Å²) in [5.74, 6) is 0.282. The number of ether oxygens (including phenoxy) is 1. The molecule has 1 aliphatic heterocycles. The number of pyridine rings is 1. The van der Waals surface area contributed by atoms with Gasteiger partial charge >= 0.3 is 5.97 Å². The third kappa shape index (κ3) is 4.30. The average Bonchev–Trinajstić information content (AvgIpc) is 2.61. The van der Waals surface area contributed by atoms with Gasteiger partial charge in [0.2, 0.25) is 0 Å². The number of rotatable bonds is 5. The van der Waals surface area contributed by atoms with E-state index in [0.29, 0.717) is 18.1 Å². The van der Waals surface area contributed by atoms with Crippen molar-refractivity contribution in [3.8, 4) is 0 Å². The monoisotopic (exact) mass is 405 g/mol. The first-order chi connectivity index (χ1) is 12.1. The molecule has 1 saturated heterocycles. The molecule has 1 N–H and O–H groups in total. The number of piperidine rings is 1. The summed E-state index contributed by atoms with van der Waals surface area (Å²) < 4.78 is 6.18. The van der Waals surface area contributed by atoms with Gasteiger partial charge in [-0.05, 0) is 64.0 Å². The van der Waals surface area contributed by atoms with Crippen molar-refractivity contribution < 1.29 is 9.53 Å². The Kier molecular flexibility index (Phi) is 5.91. The van der Waals surface area contributed by atoms with E-state index >= 15 is 0 Å². The molecule has 25 heavy (non-hydrogen) atoms. The summed E-state index contributed by atoms with van der Waals surface area (Å²) in [7, 11) is 2.16. The molecular formula is C19H24BrN3O2. The van der Waals surface area contributed by atoms with Crippen LogP contribution in [0, 0.1) is 5.92 Å². The molecule has 2 aromatic rings. The Morgan fingerprint density at radius 2 is 2.16 bits per heavy atom. The number of carbonyl (C=O) groups is 1. The molecule has 0 bridgehead atoms. The van der Waals surface area contributed by atoms with Crippen LogP contribution in [0.1, 0.15) is 30.1 Å². The highest BCUT2D eigenvalue weighted by Crippen LogP contribution is 2.30. The molecule has 0 atom stereocenters. The van der Waals surface area contributed by atoms with Crippen LogP contribution >= 0.6 is 15.9 Å². The van der Waals surface area contributed by atoms with Crippen molar-refractivity contribution in [1.82, 2.24) is 9.88 Å². The number of likely N-dealkylation sites (tertiary alicyclic amines) is 1. The van der Waals surface area contributed by atoms with Gasteiger partial charge in [-0.25, -0.2) is 4.79 Å². The number of carbonyl (C=O) groups excluding carboxylic acids is 1. The molecule has 134 valence electrons. The summed E-state index contributed by atoms with van der Waals surface area (Å²) in [4.78, 5) is 19.2. The van der Waals surface area contributed by atoms with Gasteiger partial charge < -0.3 is 15.0 Å². The zero-order valence-corrected chi connectivity index (χ0v) is 16.3. The van der Waals surface area contributed by atoms with Crippen LogP contribution in [0.3, 0.4) is 0 Å². The molecular weight excluding hydrogens is 382 g/mol. The van der Waals surface area contributed by atoms with Crippen LogP contribution in [-0.2, 0) is 4.74 Å². The molecule has 0 saturated carbocycles. The van der Waals surface area contributed by atoms with Gasteiger partial charge in [-0.2, -0.15) is 0 Å². The largest absolute Gasteiger partial charge is 0.462 e. The third-order valence-electron chi connectivity index (χ3n) is 4.73. The number of nitrogens with zero attached hydrogens (tertiary/aromatic N) is 2. The fraction of sp³-hybridized carbons (Fsp3) is 0.474. The number of hydrogen-bond acceptors (Lipinski definition) is 5. The van der Waals surface area contributed by atoms with E-state index in [2.05, 4.69) is 38.2 Å². The Labute approximate surface area is 156 Å². The van der Waals surface area contributed by atoms with Gasteiger partial charge in [0.05, 0.1) is 17.8 Å². The van der Waals surface area contributed by atoms with E-state index in [-0.39, 0.29) is 5.97 Å². The van der Waals surface area contributed by atoms with E-state index in [1.165, 1.54) is 12.8 Å². The highest BCUT2D eigenvalue weighted by Gasteiger charge is 2.20. The van der Waals surface area contributed by atoms with Crippen LogP contribution in [0.5, 0.6) is 0 Å². The van der Waals surface area contributed by atoms with Crippen molar-refractivity contribution in [2.75, 3.05) is 38.6 Å². The zero-order chi connectivity index (χ0) is 17.8. The van der Waals surface area contributed by atoms with Gasteiger partial charge in [0, 0.05) is 22.6 Å². The SMILES string of the molecule is CCOC(=O)c1cnc2ccc(Br)cc2c1NCC1CCN(C)CC1. The van der Waals surface area contributed by atoms with Gasteiger partial charge in [-0.1, -0.05) is 15.9 Å². The Morgan fingerprint density at radius 3 is 2.88 bits per heavy atom. The fourth-order valence-corrected chi connectivity index (χ4v) is 3.59. The first-order valence-electron chi connectivity index (χ1n) is 8.76. The summed E-state index contributed by atoms with van der Waals surface area (Å²) in [6, 6.07) is 5.91. The van der Waals surface area contributed by atoms with Crippen molar-refractivity contribution in [2.45, 2.75) is 19.8 Å². The molecule has 1 aromatic heterocycles. The summed E-state index contributed by atoms with van der Waals surface area (Å²) >= 11 is 3.52. The summed E-state index contributed by atoms with van der Waals surface area (Å²) in [5, 5.41) is 4.46. The summed E-state index contributed by atoms with van der Waals surface area (Å²) in [5.41, 5.74) is 2.19. The van der Waals surface area contributed by atoms with Crippen LogP contribution in [0.4, 0.5) is 5.69 Å². The zero-order valence-electron chi connectivity index (χ0n) is 14.7. The quantitative estimate of drug-likeness (QED) is 0.763. The topological polar surface area (TPSA) is 54.5 Å². The van der Waals surface area contributed by atoms with Crippen LogP contribution < -0.4 is 5.32 Å². The van der Waals surface area contributed by atoms with Crippen molar-refractivity contribution in [2.24, 2.45) is 5.92 Å². The molecule has 1 aromatic carbocycles. The fourth-order valence-electron chi connectivity index (χ4n) is 3.23. The number of hydrogen-bond donors (Lipinski definition) is 1. The van der Waals surface area contributed by atoms with Gasteiger partial charge in [-0.3, -0.25) is 4.98 Å². The predicted octanol–water partition coefficient (Wildman–Crippen LogP) is 3.93. The van der Waals surface area contributed by atoms with E-state index in [9.17, 15) is 4.79 Å². The lowest BCUT2D eigenvalue weighted by atomic mass is 9.97. The van der Waals surface area contributed by atoms with E-state index in [0.717, 1.165) is 40.7 Å². The normalized spacial score (nSPS) is 16.1. The highest BCUT2D eigenvalue weighted by atomic mass is 79.9. The van der Waals surface area contributed by atoms with Gasteiger partial charge in [0.1, 0.15) is 5.56 Å². The average molecular weight is 406 g/mol. The second-order valence-corrected chi connectivity index (χ2v) is 7.47. The minimum Gasteiger partial charge on any atom is -0.462 e. The first-order valence-corrected chi connectivity index (χ1v) is 9.55. The molecule has 1 aliphatic rings. The Balaban J connectivity index is 1.90. The molecule has 6 heteroatoms. The number of benzene rings is 1. The summed E-state index contributed by atoms with van der Waals surface area (Å²) in [6.45, 7) is 5.27. The standard InChI is InChI=1S/C19H24BrN3O2/c1-3-25-19(24)16-12-21-17-5-4-14(20)10-15(17)18(16)22-11-13-6-8-23(2)9-7-13/h4-5,10,12-13H,3,6-9,11H2,1-2H3,(H,21,22). The van der Waals surface area contributed by atoms with E-state index in [1.807, 2.05) is 25.1 Å². The second kappa shape index (κ2) is 8.15. The smallest absolute Gasteiger partial charge is 0.341 e. The van der Waals surface area contributed by atoms with E-state index < -0.39 is 0 Å². The predicted molar refractivity (Wildman–Crippen MR) is 104 cm³/mol. The maximum absolute atomic E-state index is 12.4. The molecule has 0 amide bonds. The number of halogens is 1. The van der Waals surface area contributed by atoms with Crippen molar-refractivity contribution in [3.05, 3.63) is 34.4 Å². The lowest BCUT2D eigenvalue weighted by Gasteiger charge is -2.29. The number of anilines is 1. The number of esters is 1. The number of aromatic nitrogens is 1. The Morgan fingerprint density at radius 1 is 1.40 bits per heavy atom. The maximum atomic E-state index is 12.4. The molecule has 1 fully saturated rings. The molecule has 0 radical (unpaired) electrons. The van der Waals surface area contributed by atoms with Crippen LogP contribution in [0.15, 0.2) is 28.9 Å². The molecule has 0 aliphatic carbocycles. The first kappa shape index (κ1) is 18.1. The maximum Gasteiger partial charge on any atom is 0.341 e. The van der Waals surface area contributed by atoms with Gasteiger partial charge in [-0.15, -0.1) is 0 Å². The number of fused-ring (bicyclic) bond motifs is 1. The molecule has 2 heterocycles. The lowest BCUT2D eigenvalue weighted by molar-refractivity contribution is 0.0527. The molecule has 0 spiro atoms. The molecule has 5 nitrogen and oxygen atoms in total. The lowest BCUT2D eigenvalue weighted by Crippen LogP contribution is -2.33. The van der Waals surface area contributed by atoms with E-state index in [1.54, 1.807) is 6.20 Å². The minimum absolute atomic E-state index is 0.331. The van der Waals surface area contributed by atoms with Crippen molar-refractivity contribution in [1.29, 1.82) is 0 Å². The molecule has 3 rings (SSSR count). The summed E-state index contributed by atoms with van der Waals surface area (Å²) in [6.07, 6.45) is 3.96. The second-order valence-electron chi connectivity index (χ2n) is 6.56. The number of nitrogens with one attached hydrogen (secondary N) is 1. The van der Waals surface area contributed by atoms with Crippen LogP contribution in [0.2, 0.25) is 0 Å². The Hall–Kier alpha value is -1.66. The van der Waals surface area contributed by atoms with Crippen molar-refractivity contribution in [3.63, 3.8) is 0 Å².